The van der Waals surface area contributed by atoms with Gasteiger partial charge in [0.2, 0.25) is 0 Å². The van der Waals surface area contributed by atoms with Crippen molar-refractivity contribution >= 4 is 5.91 Å². The molecule has 1 amide bonds. The van der Waals surface area contributed by atoms with Crippen LogP contribution < -0.4 is 4.74 Å². The second kappa shape index (κ2) is 6.37. The molecule has 130 valence electrons. The molecule has 0 N–H and O–H groups in total. The molecule has 3 fully saturated rings. The lowest BCUT2D eigenvalue weighted by molar-refractivity contribution is -0.159. The number of rotatable bonds is 4. The summed E-state index contributed by atoms with van der Waals surface area (Å²) >= 11 is 0. The van der Waals surface area contributed by atoms with Crippen molar-refractivity contribution in [1.29, 1.82) is 0 Å². The monoisotopic (exact) mass is 330 g/mol. The van der Waals surface area contributed by atoms with Crippen LogP contribution in [-0.2, 0) is 9.53 Å². The summed E-state index contributed by atoms with van der Waals surface area (Å²) in [5.74, 6) is 0.806. The average Bonchev–Trinajstić information content (AvgIpc) is 3.20. The SMILES string of the molecule is Cc1cccc(OCC(=O)N2CC3(CC(N4CCCC4)CO3)C2)c1. The molecule has 1 aromatic rings. The number of carbonyl (C=O) groups excluding carboxylic acids is 1. The van der Waals surface area contributed by atoms with E-state index in [4.69, 9.17) is 9.47 Å². The molecule has 5 nitrogen and oxygen atoms in total. The number of nitrogens with zero attached hydrogens (tertiary/aromatic N) is 2. The number of carbonyl (C=O) groups is 1. The molecule has 1 aromatic carbocycles. The molecular weight excluding hydrogens is 304 g/mol. The zero-order chi connectivity index (χ0) is 16.6. The van der Waals surface area contributed by atoms with E-state index in [0.717, 1.165) is 24.3 Å². The Morgan fingerprint density at radius 2 is 2.12 bits per heavy atom. The van der Waals surface area contributed by atoms with Gasteiger partial charge in [-0.3, -0.25) is 9.69 Å². The van der Waals surface area contributed by atoms with Crippen molar-refractivity contribution in [1.82, 2.24) is 9.80 Å². The zero-order valence-corrected chi connectivity index (χ0v) is 14.4. The predicted molar refractivity (Wildman–Crippen MR) is 91.1 cm³/mol. The average molecular weight is 330 g/mol. The first-order valence-electron chi connectivity index (χ1n) is 8.99. The van der Waals surface area contributed by atoms with Crippen molar-refractivity contribution in [3.05, 3.63) is 29.8 Å². The number of hydrogen-bond acceptors (Lipinski definition) is 4. The van der Waals surface area contributed by atoms with Crippen LogP contribution in [0.4, 0.5) is 0 Å². The van der Waals surface area contributed by atoms with E-state index in [1.165, 1.54) is 25.9 Å². The molecule has 24 heavy (non-hydrogen) atoms. The van der Waals surface area contributed by atoms with Gasteiger partial charge in [-0.05, 0) is 57.0 Å². The van der Waals surface area contributed by atoms with Crippen LogP contribution in [0.25, 0.3) is 0 Å². The first kappa shape index (κ1) is 15.9. The summed E-state index contributed by atoms with van der Waals surface area (Å²) in [6.45, 7) is 6.79. The van der Waals surface area contributed by atoms with Crippen molar-refractivity contribution in [2.75, 3.05) is 39.4 Å². The Balaban J connectivity index is 1.24. The van der Waals surface area contributed by atoms with E-state index in [0.29, 0.717) is 19.1 Å². The van der Waals surface area contributed by atoms with Gasteiger partial charge in [-0.1, -0.05) is 12.1 Å². The molecular formula is C19H26N2O3. The number of benzene rings is 1. The molecule has 0 aliphatic carbocycles. The number of ether oxygens (including phenoxy) is 2. The van der Waals surface area contributed by atoms with Crippen molar-refractivity contribution in [2.24, 2.45) is 0 Å². The fourth-order valence-corrected chi connectivity index (χ4v) is 4.15. The van der Waals surface area contributed by atoms with Crippen LogP contribution in [0.5, 0.6) is 5.75 Å². The van der Waals surface area contributed by atoms with Gasteiger partial charge in [-0.25, -0.2) is 0 Å². The van der Waals surface area contributed by atoms with Gasteiger partial charge in [-0.2, -0.15) is 0 Å². The minimum atomic E-state index is -0.0910. The van der Waals surface area contributed by atoms with Crippen molar-refractivity contribution in [3.63, 3.8) is 0 Å². The van der Waals surface area contributed by atoms with Crippen molar-refractivity contribution < 1.29 is 14.3 Å². The van der Waals surface area contributed by atoms with Gasteiger partial charge in [0.05, 0.1) is 19.7 Å². The van der Waals surface area contributed by atoms with Crippen LogP contribution in [-0.4, -0.2) is 66.7 Å². The fourth-order valence-electron chi connectivity index (χ4n) is 4.15. The minimum Gasteiger partial charge on any atom is -0.484 e. The summed E-state index contributed by atoms with van der Waals surface area (Å²) in [7, 11) is 0. The summed E-state index contributed by atoms with van der Waals surface area (Å²) in [6, 6.07) is 8.35. The lowest BCUT2D eigenvalue weighted by atomic mass is 9.89. The highest BCUT2D eigenvalue weighted by Crippen LogP contribution is 2.37. The predicted octanol–water partition coefficient (Wildman–Crippen LogP) is 1.84. The molecule has 0 bridgehead atoms. The number of hydrogen-bond donors (Lipinski definition) is 0. The summed E-state index contributed by atoms with van der Waals surface area (Å²) in [5.41, 5.74) is 1.04. The first-order chi connectivity index (χ1) is 11.6. The molecule has 3 aliphatic heterocycles. The van der Waals surface area contributed by atoms with Crippen LogP contribution in [0.15, 0.2) is 24.3 Å². The highest BCUT2D eigenvalue weighted by molar-refractivity contribution is 5.79. The normalized spacial score (nSPS) is 25.9. The highest BCUT2D eigenvalue weighted by Gasteiger charge is 2.52. The molecule has 3 saturated heterocycles. The fraction of sp³-hybridized carbons (Fsp3) is 0.632. The van der Waals surface area contributed by atoms with Crippen LogP contribution >= 0.6 is 0 Å². The Kier molecular flexibility index (Phi) is 4.22. The Bertz CT molecular complexity index is 606. The van der Waals surface area contributed by atoms with Gasteiger partial charge >= 0.3 is 0 Å². The number of amides is 1. The standard InChI is InChI=1S/C19H26N2O3/c1-15-5-4-6-17(9-15)23-12-18(22)21-13-19(14-21)10-16(11-24-19)20-7-2-3-8-20/h4-6,9,16H,2-3,7-8,10-14H2,1H3. The van der Waals surface area contributed by atoms with Crippen molar-refractivity contribution in [3.8, 4) is 5.75 Å². The molecule has 3 heterocycles. The van der Waals surface area contributed by atoms with E-state index >= 15 is 0 Å². The van der Waals surface area contributed by atoms with E-state index in [-0.39, 0.29) is 18.1 Å². The van der Waals surface area contributed by atoms with Gasteiger partial charge in [0.1, 0.15) is 11.4 Å². The third-order valence-corrected chi connectivity index (χ3v) is 5.51. The molecule has 4 rings (SSSR count). The maximum atomic E-state index is 12.3. The molecule has 5 heteroatoms. The quantitative estimate of drug-likeness (QED) is 0.845. The summed E-state index contributed by atoms with van der Waals surface area (Å²) in [4.78, 5) is 16.7. The van der Waals surface area contributed by atoms with E-state index in [9.17, 15) is 4.79 Å². The van der Waals surface area contributed by atoms with Gasteiger partial charge in [0.25, 0.3) is 5.91 Å². The van der Waals surface area contributed by atoms with Gasteiger partial charge in [0.15, 0.2) is 6.61 Å². The van der Waals surface area contributed by atoms with Crippen LogP contribution in [0, 0.1) is 6.92 Å². The third kappa shape index (κ3) is 3.15. The Morgan fingerprint density at radius 1 is 1.33 bits per heavy atom. The zero-order valence-electron chi connectivity index (χ0n) is 14.4. The molecule has 1 atom stereocenters. The van der Waals surface area contributed by atoms with E-state index in [1.807, 2.05) is 36.1 Å². The highest BCUT2D eigenvalue weighted by atomic mass is 16.5. The second-order valence-electron chi connectivity index (χ2n) is 7.45. The van der Waals surface area contributed by atoms with Crippen LogP contribution in [0.1, 0.15) is 24.8 Å². The molecule has 0 radical (unpaired) electrons. The lowest BCUT2D eigenvalue weighted by Crippen LogP contribution is -2.64. The number of likely N-dealkylation sites (tertiary alicyclic amines) is 2. The first-order valence-corrected chi connectivity index (χ1v) is 8.99. The third-order valence-electron chi connectivity index (χ3n) is 5.51. The maximum absolute atomic E-state index is 12.3. The van der Waals surface area contributed by atoms with Gasteiger partial charge < -0.3 is 14.4 Å². The number of aryl methyl sites for hydroxylation is 1. The van der Waals surface area contributed by atoms with Gasteiger partial charge in [0, 0.05) is 6.04 Å². The summed E-state index contributed by atoms with van der Waals surface area (Å²) < 4.78 is 11.7. The summed E-state index contributed by atoms with van der Waals surface area (Å²) in [5, 5.41) is 0. The minimum absolute atomic E-state index is 0.0513. The summed E-state index contributed by atoms with van der Waals surface area (Å²) in [6.07, 6.45) is 3.68. The Labute approximate surface area is 143 Å². The van der Waals surface area contributed by atoms with Crippen molar-refractivity contribution in [2.45, 2.75) is 37.8 Å². The van der Waals surface area contributed by atoms with E-state index in [2.05, 4.69) is 4.90 Å². The molecule has 1 unspecified atom stereocenters. The largest absolute Gasteiger partial charge is 0.484 e. The maximum Gasteiger partial charge on any atom is 0.260 e. The van der Waals surface area contributed by atoms with Gasteiger partial charge in [-0.15, -0.1) is 0 Å². The van der Waals surface area contributed by atoms with Crippen LogP contribution in [0.2, 0.25) is 0 Å². The van der Waals surface area contributed by atoms with E-state index < -0.39 is 0 Å². The molecule has 3 aliphatic rings. The smallest absolute Gasteiger partial charge is 0.260 e. The van der Waals surface area contributed by atoms with E-state index in [1.54, 1.807) is 0 Å². The second-order valence-corrected chi connectivity index (χ2v) is 7.45. The lowest BCUT2D eigenvalue weighted by Gasteiger charge is -2.47. The Hall–Kier alpha value is -1.59. The molecule has 0 aromatic heterocycles. The molecule has 1 spiro atoms. The van der Waals surface area contributed by atoms with Crippen LogP contribution in [0.3, 0.4) is 0 Å². The Morgan fingerprint density at radius 3 is 2.88 bits per heavy atom. The topological polar surface area (TPSA) is 42.0 Å². The molecule has 0 saturated carbocycles.